The van der Waals surface area contributed by atoms with Gasteiger partial charge in [0.2, 0.25) is 15.9 Å². The first-order chi connectivity index (χ1) is 16.6. The molecular formula is C24H34F3N3O4S. The van der Waals surface area contributed by atoms with Gasteiger partial charge in [0.1, 0.15) is 5.82 Å². The van der Waals surface area contributed by atoms with E-state index in [1.807, 2.05) is 0 Å². The van der Waals surface area contributed by atoms with E-state index in [-0.39, 0.29) is 54.1 Å². The molecule has 2 bridgehead atoms. The number of nitrogens with two attached hydrogens (primary N) is 1. The zero-order chi connectivity index (χ0) is 25.3. The second kappa shape index (κ2) is 10.7. The Kier molecular flexibility index (Phi) is 8.09. The molecule has 196 valence electrons. The number of carbonyl (C=O) groups is 1. The summed E-state index contributed by atoms with van der Waals surface area (Å²) in [5, 5.41) is 0. The van der Waals surface area contributed by atoms with Gasteiger partial charge in [0.25, 0.3) is 0 Å². The first-order valence-electron chi connectivity index (χ1n) is 12.3. The molecule has 0 radical (unpaired) electrons. The second-order valence-electron chi connectivity index (χ2n) is 10.1. The standard InChI is InChI=1S/C24H34F3N3O4S/c1-29(24(31)15-4-7-34-8-5-15)6-9-35(32,33)30-18-2-3-19(30)11-17(10-18)23(28)13-16-12-21(26)22(27)14-20(16)25/h12,14-15,17-19,23H,2-11,13,28H2,1H3/t17?,18-,19+,23-/m1/s1. The molecule has 1 aromatic rings. The number of amides is 1. The third kappa shape index (κ3) is 5.84. The first-order valence-corrected chi connectivity index (χ1v) is 13.9. The van der Waals surface area contributed by atoms with Gasteiger partial charge in [0.05, 0.1) is 5.75 Å². The van der Waals surface area contributed by atoms with Crippen molar-refractivity contribution in [3.8, 4) is 0 Å². The number of benzene rings is 1. The third-order valence-corrected chi connectivity index (χ3v) is 9.74. The first kappa shape index (κ1) is 26.4. The van der Waals surface area contributed by atoms with Crippen LogP contribution in [0.5, 0.6) is 0 Å². The Hall–Kier alpha value is -1.69. The van der Waals surface area contributed by atoms with Crippen LogP contribution in [0.15, 0.2) is 12.1 Å². The van der Waals surface area contributed by atoms with E-state index in [0.29, 0.717) is 45.0 Å². The van der Waals surface area contributed by atoms with E-state index in [2.05, 4.69) is 0 Å². The Morgan fingerprint density at radius 2 is 1.69 bits per heavy atom. The van der Waals surface area contributed by atoms with Gasteiger partial charge in [0.15, 0.2) is 11.6 Å². The quantitative estimate of drug-likeness (QED) is 0.535. The van der Waals surface area contributed by atoms with Crippen LogP contribution >= 0.6 is 0 Å². The fourth-order valence-corrected chi connectivity index (χ4v) is 7.85. The molecule has 2 N–H and O–H groups in total. The fraction of sp³-hybridized carbons (Fsp3) is 0.708. The molecule has 4 rings (SSSR count). The highest BCUT2D eigenvalue weighted by Crippen LogP contribution is 2.42. The van der Waals surface area contributed by atoms with Crippen molar-refractivity contribution < 1.29 is 31.1 Å². The van der Waals surface area contributed by atoms with E-state index in [1.165, 1.54) is 4.90 Å². The van der Waals surface area contributed by atoms with Gasteiger partial charge in [-0.2, -0.15) is 4.31 Å². The van der Waals surface area contributed by atoms with Crippen molar-refractivity contribution in [1.82, 2.24) is 9.21 Å². The molecule has 1 unspecified atom stereocenters. The Bertz CT molecular complexity index is 1020. The lowest BCUT2D eigenvalue weighted by Crippen LogP contribution is -2.51. The number of fused-ring (bicyclic) bond motifs is 2. The number of piperidine rings is 1. The topological polar surface area (TPSA) is 92.9 Å². The van der Waals surface area contributed by atoms with Crippen molar-refractivity contribution in [2.45, 2.75) is 63.1 Å². The minimum Gasteiger partial charge on any atom is -0.381 e. The number of halogens is 3. The summed E-state index contributed by atoms with van der Waals surface area (Å²) in [4.78, 5) is 14.1. The average molecular weight is 518 g/mol. The van der Waals surface area contributed by atoms with E-state index >= 15 is 0 Å². The number of nitrogens with zero attached hydrogens (tertiary/aromatic N) is 2. The monoisotopic (exact) mass is 517 g/mol. The number of hydrogen-bond acceptors (Lipinski definition) is 5. The highest BCUT2D eigenvalue weighted by Gasteiger charge is 2.47. The maximum atomic E-state index is 14.1. The predicted octanol–water partition coefficient (Wildman–Crippen LogP) is 2.43. The van der Waals surface area contributed by atoms with Crippen LogP contribution in [-0.4, -0.2) is 74.2 Å². The fourth-order valence-electron chi connectivity index (χ4n) is 5.84. The highest BCUT2D eigenvalue weighted by atomic mass is 32.2. The summed E-state index contributed by atoms with van der Waals surface area (Å²) in [5.74, 6) is -3.54. The summed E-state index contributed by atoms with van der Waals surface area (Å²) in [6.07, 6.45) is 3.90. The summed E-state index contributed by atoms with van der Waals surface area (Å²) < 4.78 is 74.3. The van der Waals surface area contributed by atoms with E-state index in [4.69, 9.17) is 10.5 Å². The van der Waals surface area contributed by atoms with Crippen LogP contribution in [0.2, 0.25) is 0 Å². The summed E-state index contributed by atoms with van der Waals surface area (Å²) in [6.45, 7) is 1.23. The number of hydrogen-bond donors (Lipinski definition) is 1. The molecular weight excluding hydrogens is 483 g/mol. The van der Waals surface area contributed by atoms with Crippen LogP contribution in [0.25, 0.3) is 0 Å². The van der Waals surface area contributed by atoms with Gasteiger partial charge in [-0.15, -0.1) is 0 Å². The predicted molar refractivity (Wildman–Crippen MR) is 124 cm³/mol. The SMILES string of the molecule is CN(CCS(=O)(=O)N1[C@@H]2CC[C@H]1CC([C@H](N)Cc1cc(F)c(F)cc1F)C2)C(=O)C1CCOCC1. The molecule has 3 aliphatic heterocycles. The zero-order valence-electron chi connectivity index (χ0n) is 20.0. The molecule has 1 aromatic carbocycles. The molecule has 3 aliphatic rings. The van der Waals surface area contributed by atoms with Crippen LogP contribution in [0.3, 0.4) is 0 Å². The lowest BCUT2D eigenvalue weighted by atomic mass is 9.83. The molecule has 3 heterocycles. The summed E-state index contributed by atoms with van der Waals surface area (Å²) >= 11 is 0. The number of sulfonamides is 1. The van der Waals surface area contributed by atoms with Crippen LogP contribution < -0.4 is 5.73 Å². The van der Waals surface area contributed by atoms with Crippen LogP contribution in [-0.2, 0) is 26.0 Å². The van der Waals surface area contributed by atoms with Gasteiger partial charge in [-0.25, -0.2) is 21.6 Å². The van der Waals surface area contributed by atoms with E-state index in [1.54, 1.807) is 11.4 Å². The molecule has 4 atom stereocenters. The molecule has 1 amide bonds. The minimum atomic E-state index is -3.58. The number of ether oxygens (including phenoxy) is 1. The molecule has 35 heavy (non-hydrogen) atoms. The van der Waals surface area contributed by atoms with Gasteiger partial charge in [-0.3, -0.25) is 4.79 Å². The Morgan fingerprint density at radius 3 is 2.31 bits per heavy atom. The van der Waals surface area contributed by atoms with Crippen molar-refractivity contribution in [1.29, 1.82) is 0 Å². The average Bonchev–Trinajstić information content (AvgIpc) is 3.12. The van der Waals surface area contributed by atoms with Crippen molar-refractivity contribution in [2.75, 3.05) is 32.6 Å². The van der Waals surface area contributed by atoms with E-state index < -0.39 is 33.5 Å². The molecule has 7 nitrogen and oxygen atoms in total. The van der Waals surface area contributed by atoms with E-state index in [0.717, 1.165) is 18.9 Å². The Morgan fingerprint density at radius 1 is 1.09 bits per heavy atom. The Labute approximate surface area is 204 Å². The molecule has 0 spiro atoms. The van der Waals surface area contributed by atoms with Gasteiger partial charge in [-0.1, -0.05) is 0 Å². The van der Waals surface area contributed by atoms with Gasteiger partial charge in [0, 0.05) is 56.9 Å². The minimum absolute atomic E-state index is 0.0241. The lowest BCUT2D eigenvalue weighted by molar-refractivity contribution is -0.136. The molecule has 0 aliphatic carbocycles. The molecule has 3 saturated heterocycles. The van der Waals surface area contributed by atoms with Gasteiger partial charge < -0.3 is 15.4 Å². The third-order valence-electron chi connectivity index (χ3n) is 7.81. The molecule has 0 aromatic heterocycles. The van der Waals surface area contributed by atoms with Gasteiger partial charge >= 0.3 is 0 Å². The summed E-state index contributed by atoms with van der Waals surface area (Å²) in [7, 11) is -1.94. The van der Waals surface area contributed by atoms with E-state index in [9.17, 15) is 26.4 Å². The van der Waals surface area contributed by atoms with Crippen molar-refractivity contribution in [3.05, 3.63) is 35.1 Å². The maximum absolute atomic E-state index is 14.1. The smallest absolute Gasteiger partial charge is 0.225 e. The van der Waals surface area contributed by atoms with Crippen LogP contribution in [0.4, 0.5) is 13.2 Å². The maximum Gasteiger partial charge on any atom is 0.225 e. The molecule has 11 heteroatoms. The number of carbonyl (C=O) groups excluding carboxylic acids is 1. The normalized spacial score (nSPS) is 26.6. The largest absolute Gasteiger partial charge is 0.381 e. The summed E-state index contributed by atoms with van der Waals surface area (Å²) in [5.41, 5.74) is 6.37. The van der Waals surface area contributed by atoms with Crippen molar-refractivity contribution in [3.63, 3.8) is 0 Å². The highest BCUT2D eigenvalue weighted by molar-refractivity contribution is 7.89. The Balaban J connectivity index is 1.34. The zero-order valence-corrected chi connectivity index (χ0v) is 20.8. The van der Waals surface area contributed by atoms with Crippen LogP contribution in [0.1, 0.15) is 44.1 Å². The molecule has 3 fully saturated rings. The lowest BCUT2D eigenvalue weighted by Gasteiger charge is -2.40. The number of rotatable bonds is 8. The van der Waals surface area contributed by atoms with Gasteiger partial charge in [-0.05, 0) is 62.5 Å². The molecule has 0 saturated carbocycles. The van der Waals surface area contributed by atoms with Crippen molar-refractivity contribution >= 4 is 15.9 Å². The van der Waals surface area contributed by atoms with Crippen molar-refractivity contribution in [2.24, 2.45) is 17.6 Å². The second-order valence-corrected chi connectivity index (χ2v) is 12.1. The summed E-state index contributed by atoms with van der Waals surface area (Å²) in [6, 6.07) is 0.490. The van der Waals surface area contributed by atoms with Crippen LogP contribution in [0, 0.1) is 29.3 Å².